The number of ether oxygens (including phenoxy) is 1. The van der Waals surface area contributed by atoms with Gasteiger partial charge in [-0.2, -0.15) is 0 Å². The van der Waals surface area contributed by atoms with E-state index in [-0.39, 0.29) is 12.1 Å². The summed E-state index contributed by atoms with van der Waals surface area (Å²) in [5.41, 5.74) is 1.72. The van der Waals surface area contributed by atoms with Crippen molar-refractivity contribution in [1.82, 2.24) is 20.0 Å². The molecule has 8 nitrogen and oxygen atoms in total. The number of anilines is 1. The van der Waals surface area contributed by atoms with Gasteiger partial charge in [0.1, 0.15) is 6.10 Å². The number of nitrogens with one attached hydrogen (secondary N) is 1. The lowest BCUT2D eigenvalue weighted by Crippen LogP contribution is -2.43. The molecule has 0 aromatic carbocycles. The minimum atomic E-state index is -0.189. The van der Waals surface area contributed by atoms with Crippen molar-refractivity contribution in [2.45, 2.75) is 32.8 Å². The Morgan fingerprint density at radius 3 is 2.61 bits per heavy atom. The highest BCUT2D eigenvalue weighted by molar-refractivity contribution is 5.87. The van der Waals surface area contributed by atoms with Crippen LogP contribution in [0.2, 0.25) is 0 Å². The summed E-state index contributed by atoms with van der Waals surface area (Å²) in [6.07, 6.45) is 4.95. The Balaban J connectivity index is 1.48. The van der Waals surface area contributed by atoms with Crippen LogP contribution in [0.1, 0.15) is 24.1 Å². The summed E-state index contributed by atoms with van der Waals surface area (Å²) in [5, 5.41) is 6.43. The zero-order chi connectivity index (χ0) is 16.2. The molecule has 0 bridgehead atoms. The van der Waals surface area contributed by atoms with Crippen LogP contribution in [0.25, 0.3) is 0 Å². The molecule has 0 unspecified atom stereocenters. The normalized spacial score (nSPS) is 15.5. The molecule has 0 aliphatic carbocycles. The van der Waals surface area contributed by atoms with Crippen LogP contribution in [0.15, 0.2) is 23.0 Å². The molecule has 23 heavy (non-hydrogen) atoms. The lowest BCUT2D eigenvalue weighted by atomic mass is 10.1. The Bertz CT molecular complexity index is 662. The van der Waals surface area contributed by atoms with E-state index in [1.807, 2.05) is 6.92 Å². The number of hydrogen-bond donors (Lipinski definition) is 1. The number of carbonyl (C=O) groups excluding carboxylic acids is 1. The minimum Gasteiger partial charge on any atom is -0.460 e. The Labute approximate surface area is 133 Å². The maximum Gasteiger partial charge on any atom is 0.324 e. The van der Waals surface area contributed by atoms with Gasteiger partial charge in [-0.3, -0.25) is 5.32 Å². The number of likely N-dealkylation sites (tertiary alicyclic amines) is 1. The highest BCUT2D eigenvalue weighted by Gasteiger charge is 2.25. The van der Waals surface area contributed by atoms with Gasteiger partial charge in [0.2, 0.25) is 5.88 Å². The van der Waals surface area contributed by atoms with Crippen molar-refractivity contribution < 1.29 is 14.1 Å². The van der Waals surface area contributed by atoms with E-state index in [4.69, 9.17) is 9.26 Å². The van der Waals surface area contributed by atoms with Crippen LogP contribution in [0.5, 0.6) is 6.01 Å². The van der Waals surface area contributed by atoms with Crippen LogP contribution < -0.4 is 10.1 Å². The number of amides is 2. The first kappa shape index (κ1) is 15.3. The molecule has 3 heterocycles. The highest BCUT2D eigenvalue weighted by atomic mass is 16.5. The van der Waals surface area contributed by atoms with Crippen molar-refractivity contribution in [3.05, 3.63) is 29.7 Å². The Hall–Kier alpha value is -2.64. The molecule has 1 aliphatic heterocycles. The van der Waals surface area contributed by atoms with Crippen molar-refractivity contribution in [2.24, 2.45) is 0 Å². The van der Waals surface area contributed by atoms with Gasteiger partial charge in [-0.25, -0.2) is 14.8 Å². The number of hydrogen-bond acceptors (Lipinski definition) is 6. The number of aryl methyl sites for hydroxylation is 2. The van der Waals surface area contributed by atoms with E-state index in [1.165, 1.54) is 0 Å². The van der Waals surface area contributed by atoms with Crippen molar-refractivity contribution in [3.63, 3.8) is 0 Å². The second-order valence-corrected chi connectivity index (χ2v) is 5.61. The van der Waals surface area contributed by atoms with Crippen molar-refractivity contribution >= 4 is 11.9 Å². The molecular formula is C15H19N5O3. The molecule has 0 spiro atoms. The number of piperidine rings is 1. The highest BCUT2D eigenvalue weighted by Crippen LogP contribution is 2.17. The lowest BCUT2D eigenvalue weighted by Gasteiger charge is -2.31. The average Bonchev–Trinajstić information content (AvgIpc) is 2.95. The minimum absolute atomic E-state index is 0.0225. The molecule has 8 heteroatoms. The zero-order valence-corrected chi connectivity index (χ0v) is 13.2. The molecule has 122 valence electrons. The second kappa shape index (κ2) is 6.64. The predicted octanol–water partition coefficient (Wildman–Crippen LogP) is 2.16. The molecule has 2 amide bonds. The molecule has 1 fully saturated rings. The number of nitrogens with zero attached hydrogens (tertiary/aromatic N) is 4. The van der Waals surface area contributed by atoms with Gasteiger partial charge in [0.15, 0.2) is 0 Å². The molecule has 2 aromatic heterocycles. The second-order valence-electron chi connectivity index (χ2n) is 5.61. The Morgan fingerprint density at radius 1 is 1.30 bits per heavy atom. The Kier molecular flexibility index (Phi) is 4.40. The van der Waals surface area contributed by atoms with Crippen LogP contribution in [-0.2, 0) is 0 Å². The Morgan fingerprint density at radius 2 is 2.00 bits per heavy atom. The predicted molar refractivity (Wildman–Crippen MR) is 82.3 cm³/mol. The first-order valence-corrected chi connectivity index (χ1v) is 7.55. The van der Waals surface area contributed by atoms with Crippen LogP contribution >= 0.6 is 0 Å². The SMILES string of the molecule is Cc1cnc(OC2CCN(C(=O)Nc3cc(C)no3)CC2)nc1. The first-order valence-electron chi connectivity index (χ1n) is 7.55. The van der Waals surface area contributed by atoms with Crippen LogP contribution in [0, 0.1) is 13.8 Å². The van der Waals surface area contributed by atoms with E-state index in [0.717, 1.165) is 24.1 Å². The van der Waals surface area contributed by atoms with Gasteiger partial charge in [0.25, 0.3) is 0 Å². The van der Waals surface area contributed by atoms with Crippen LogP contribution in [0.4, 0.5) is 10.7 Å². The van der Waals surface area contributed by atoms with Gasteiger partial charge in [0.05, 0.1) is 5.69 Å². The third-order valence-electron chi connectivity index (χ3n) is 3.62. The van der Waals surface area contributed by atoms with E-state index in [0.29, 0.717) is 25.0 Å². The summed E-state index contributed by atoms with van der Waals surface area (Å²) in [4.78, 5) is 22.1. The quantitative estimate of drug-likeness (QED) is 0.932. The fourth-order valence-corrected chi connectivity index (χ4v) is 2.37. The third kappa shape index (κ3) is 3.97. The van der Waals surface area contributed by atoms with E-state index in [9.17, 15) is 4.79 Å². The number of carbonyl (C=O) groups is 1. The van der Waals surface area contributed by atoms with Gasteiger partial charge < -0.3 is 14.2 Å². The van der Waals surface area contributed by atoms with Gasteiger partial charge in [-0.05, 0) is 19.4 Å². The molecule has 3 rings (SSSR count). The zero-order valence-electron chi connectivity index (χ0n) is 13.2. The van der Waals surface area contributed by atoms with E-state index in [2.05, 4.69) is 20.4 Å². The molecule has 1 N–H and O–H groups in total. The van der Waals surface area contributed by atoms with Gasteiger partial charge in [-0.15, -0.1) is 0 Å². The number of aromatic nitrogens is 3. The summed E-state index contributed by atoms with van der Waals surface area (Å²) < 4.78 is 10.7. The lowest BCUT2D eigenvalue weighted by molar-refractivity contribution is 0.107. The summed E-state index contributed by atoms with van der Waals surface area (Å²) in [5.74, 6) is 0.360. The topological polar surface area (TPSA) is 93.4 Å². The van der Waals surface area contributed by atoms with Crippen molar-refractivity contribution in [1.29, 1.82) is 0 Å². The van der Waals surface area contributed by atoms with Gasteiger partial charge in [-0.1, -0.05) is 5.16 Å². The fraction of sp³-hybridized carbons (Fsp3) is 0.467. The first-order chi connectivity index (χ1) is 11.1. The van der Waals surface area contributed by atoms with E-state index in [1.54, 1.807) is 30.3 Å². The molecule has 1 saturated heterocycles. The summed E-state index contributed by atoms with van der Waals surface area (Å²) >= 11 is 0. The molecule has 0 radical (unpaired) electrons. The largest absolute Gasteiger partial charge is 0.460 e. The van der Waals surface area contributed by atoms with Crippen LogP contribution in [-0.4, -0.2) is 45.2 Å². The maximum absolute atomic E-state index is 12.1. The molecule has 0 atom stereocenters. The maximum atomic E-state index is 12.1. The average molecular weight is 317 g/mol. The molecular weight excluding hydrogens is 298 g/mol. The van der Waals surface area contributed by atoms with Crippen molar-refractivity contribution in [3.8, 4) is 6.01 Å². The van der Waals surface area contributed by atoms with Crippen LogP contribution in [0.3, 0.4) is 0 Å². The molecule has 0 saturated carbocycles. The fourth-order valence-electron chi connectivity index (χ4n) is 2.37. The molecule has 2 aromatic rings. The van der Waals surface area contributed by atoms with E-state index >= 15 is 0 Å². The standard InChI is InChI=1S/C15H19N5O3/c1-10-8-16-14(17-9-10)22-12-3-5-20(6-4-12)15(21)18-13-7-11(2)19-23-13/h7-9,12H,3-6H2,1-2H3,(H,18,21). The summed E-state index contributed by atoms with van der Waals surface area (Å²) in [6.45, 7) is 4.94. The molecule has 1 aliphatic rings. The van der Waals surface area contributed by atoms with Gasteiger partial charge >= 0.3 is 12.0 Å². The smallest absolute Gasteiger partial charge is 0.324 e. The number of rotatable bonds is 3. The van der Waals surface area contributed by atoms with Crippen molar-refractivity contribution in [2.75, 3.05) is 18.4 Å². The summed E-state index contributed by atoms with van der Waals surface area (Å²) in [7, 11) is 0. The van der Waals surface area contributed by atoms with Gasteiger partial charge in [0, 0.05) is 44.4 Å². The third-order valence-corrected chi connectivity index (χ3v) is 3.62. The summed E-state index contributed by atoms with van der Waals surface area (Å²) in [6, 6.07) is 1.88. The van der Waals surface area contributed by atoms with E-state index < -0.39 is 0 Å². The monoisotopic (exact) mass is 317 g/mol. The number of urea groups is 1.